The smallest absolute Gasteiger partial charge is 0.244 e. The average molecular weight is 283 g/mol. The van der Waals surface area contributed by atoms with Gasteiger partial charge in [0.25, 0.3) is 0 Å². The van der Waals surface area contributed by atoms with E-state index in [1.54, 1.807) is 24.3 Å². The van der Waals surface area contributed by atoms with Gasteiger partial charge in [0.15, 0.2) is 0 Å². The molecule has 0 saturated heterocycles. The highest BCUT2D eigenvalue weighted by atomic mass is 16.2. The lowest BCUT2D eigenvalue weighted by Crippen LogP contribution is -2.29. The molecule has 0 aliphatic carbocycles. The molecule has 2 rings (SSSR count). The van der Waals surface area contributed by atoms with E-state index in [9.17, 15) is 4.79 Å². The van der Waals surface area contributed by atoms with Gasteiger partial charge in [-0.15, -0.1) is 5.10 Å². The van der Waals surface area contributed by atoms with Crippen molar-refractivity contribution in [1.29, 1.82) is 0 Å². The first-order valence-corrected chi connectivity index (χ1v) is 6.55. The van der Waals surface area contributed by atoms with Gasteiger partial charge in [-0.1, -0.05) is 29.2 Å². The van der Waals surface area contributed by atoms with E-state index in [1.807, 2.05) is 24.3 Å². The largest absolute Gasteiger partial charge is 0.340 e. The molecule has 1 aromatic carbocycles. The van der Waals surface area contributed by atoms with Crippen molar-refractivity contribution >= 4 is 5.91 Å². The fraction of sp³-hybridized carbons (Fsp3) is 0.267. The van der Waals surface area contributed by atoms with Crippen molar-refractivity contribution in [3.05, 3.63) is 47.8 Å². The molecule has 2 N–H and O–H groups in total. The SMILES string of the molecule is CN(Cc1ccc(C#CCN)cc1)C(=O)Cn1ccnn1. The lowest BCUT2D eigenvalue weighted by atomic mass is 10.1. The summed E-state index contributed by atoms with van der Waals surface area (Å²) in [6.45, 7) is 1.08. The van der Waals surface area contributed by atoms with Crippen molar-refractivity contribution in [2.75, 3.05) is 13.6 Å². The summed E-state index contributed by atoms with van der Waals surface area (Å²) >= 11 is 0. The molecule has 0 aliphatic heterocycles. The number of nitrogens with zero attached hydrogens (tertiary/aromatic N) is 4. The summed E-state index contributed by atoms with van der Waals surface area (Å²) < 4.78 is 1.50. The number of carbonyl (C=O) groups is 1. The maximum absolute atomic E-state index is 12.0. The molecule has 0 atom stereocenters. The molecule has 0 aliphatic rings. The molecule has 108 valence electrons. The number of likely N-dealkylation sites (N-methyl/N-ethyl adjacent to an activating group) is 1. The molecular weight excluding hydrogens is 266 g/mol. The molecule has 0 spiro atoms. The summed E-state index contributed by atoms with van der Waals surface area (Å²) in [6, 6.07) is 7.76. The van der Waals surface area contributed by atoms with Gasteiger partial charge in [0.1, 0.15) is 6.54 Å². The van der Waals surface area contributed by atoms with Crippen molar-refractivity contribution < 1.29 is 4.79 Å². The standard InChI is InChI=1S/C15H17N5O/c1-19(15(21)12-20-10-9-17-18-20)11-14-6-4-13(5-7-14)3-2-8-16/h4-7,9-10H,8,11-12,16H2,1H3. The Labute approximate surface area is 123 Å². The molecule has 1 aromatic heterocycles. The van der Waals surface area contributed by atoms with Gasteiger partial charge in [0, 0.05) is 25.4 Å². The summed E-state index contributed by atoms with van der Waals surface area (Å²) in [4.78, 5) is 13.7. The monoisotopic (exact) mass is 283 g/mol. The summed E-state index contributed by atoms with van der Waals surface area (Å²) in [7, 11) is 1.77. The number of carbonyl (C=O) groups excluding carboxylic acids is 1. The summed E-state index contributed by atoms with van der Waals surface area (Å²) in [5.74, 6) is 5.75. The van der Waals surface area contributed by atoms with E-state index >= 15 is 0 Å². The van der Waals surface area contributed by atoms with Crippen molar-refractivity contribution in [3.63, 3.8) is 0 Å². The van der Waals surface area contributed by atoms with Gasteiger partial charge in [-0.05, 0) is 17.7 Å². The maximum atomic E-state index is 12.0. The van der Waals surface area contributed by atoms with Gasteiger partial charge in [-0.2, -0.15) is 0 Å². The summed E-state index contributed by atoms with van der Waals surface area (Å²) in [5.41, 5.74) is 7.29. The third-order valence-electron chi connectivity index (χ3n) is 2.90. The highest BCUT2D eigenvalue weighted by Crippen LogP contribution is 2.06. The number of hydrogen-bond acceptors (Lipinski definition) is 4. The Morgan fingerprint density at radius 2 is 2.14 bits per heavy atom. The highest BCUT2D eigenvalue weighted by Gasteiger charge is 2.10. The molecule has 0 saturated carbocycles. The molecule has 6 nitrogen and oxygen atoms in total. The second-order valence-electron chi connectivity index (χ2n) is 4.55. The number of nitrogens with two attached hydrogens (primary N) is 1. The van der Waals surface area contributed by atoms with E-state index in [0.717, 1.165) is 11.1 Å². The quantitative estimate of drug-likeness (QED) is 0.816. The van der Waals surface area contributed by atoms with Crippen molar-refractivity contribution in [2.24, 2.45) is 5.73 Å². The zero-order chi connectivity index (χ0) is 15.1. The average Bonchev–Trinajstić information content (AvgIpc) is 2.99. The minimum absolute atomic E-state index is 0.0208. The van der Waals surface area contributed by atoms with Crippen LogP contribution in [0.1, 0.15) is 11.1 Å². The third-order valence-corrected chi connectivity index (χ3v) is 2.90. The molecule has 0 bridgehead atoms. The van der Waals surface area contributed by atoms with Crippen LogP contribution >= 0.6 is 0 Å². The topological polar surface area (TPSA) is 77.0 Å². The van der Waals surface area contributed by atoms with E-state index < -0.39 is 0 Å². The maximum Gasteiger partial charge on any atom is 0.244 e. The Balaban J connectivity index is 1.92. The number of rotatable bonds is 4. The Hall–Kier alpha value is -2.65. The fourth-order valence-corrected chi connectivity index (χ4v) is 1.78. The summed E-state index contributed by atoms with van der Waals surface area (Å²) in [6.07, 6.45) is 3.21. The van der Waals surface area contributed by atoms with Crippen LogP contribution in [0, 0.1) is 11.8 Å². The van der Waals surface area contributed by atoms with Gasteiger partial charge < -0.3 is 10.6 Å². The van der Waals surface area contributed by atoms with Crippen LogP contribution in [0.5, 0.6) is 0 Å². The minimum atomic E-state index is -0.0208. The van der Waals surface area contributed by atoms with E-state index in [0.29, 0.717) is 13.1 Å². The van der Waals surface area contributed by atoms with E-state index in [2.05, 4.69) is 22.2 Å². The van der Waals surface area contributed by atoms with Crippen LogP contribution in [0.2, 0.25) is 0 Å². The van der Waals surface area contributed by atoms with Gasteiger partial charge in [0.2, 0.25) is 5.91 Å². The van der Waals surface area contributed by atoms with Crippen molar-refractivity contribution in [2.45, 2.75) is 13.1 Å². The molecule has 21 heavy (non-hydrogen) atoms. The molecule has 0 unspecified atom stereocenters. The van der Waals surface area contributed by atoms with Crippen molar-refractivity contribution in [1.82, 2.24) is 19.9 Å². The van der Waals surface area contributed by atoms with Crippen LogP contribution < -0.4 is 5.73 Å². The van der Waals surface area contributed by atoms with Gasteiger partial charge >= 0.3 is 0 Å². The molecular formula is C15H17N5O. The van der Waals surface area contributed by atoms with E-state index in [-0.39, 0.29) is 12.5 Å². The van der Waals surface area contributed by atoms with Crippen LogP contribution in [-0.2, 0) is 17.9 Å². The van der Waals surface area contributed by atoms with Crippen LogP contribution in [0.15, 0.2) is 36.7 Å². The molecule has 1 amide bonds. The number of amides is 1. The number of aromatic nitrogens is 3. The van der Waals surface area contributed by atoms with Crippen LogP contribution in [0.4, 0.5) is 0 Å². The number of hydrogen-bond donors (Lipinski definition) is 1. The van der Waals surface area contributed by atoms with E-state index in [1.165, 1.54) is 4.68 Å². The predicted octanol–water partition coefficient (Wildman–Crippen LogP) is 0.247. The van der Waals surface area contributed by atoms with Gasteiger partial charge in [-0.3, -0.25) is 4.79 Å². The highest BCUT2D eigenvalue weighted by molar-refractivity contribution is 5.75. The first-order chi connectivity index (χ1) is 10.2. The van der Waals surface area contributed by atoms with Crippen LogP contribution in [-0.4, -0.2) is 39.4 Å². The Morgan fingerprint density at radius 1 is 1.38 bits per heavy atom. The minimum Gasteiger partial charge on any atom is -0.340 e. The second-order valence-corrected chi connectivity index (χ2v) is 4.55. The van der Waals surface area contributed by atoms with E-state index in [4.69, 9.17) is 5.73 Å². The molecule has 0 fully saturated rings. The molecule has 1 heterocycles. The lowest BCUT2D eigenvalue weighted by Gasteiger charge is -2.17. The van der Waals surface area contributed by atoms with Gasteiger partial charge in [0.05, 0.1) is 12.7 Å². The third kappa shape index (κ3) is 4.44. The Bertz CT molecular complexity index is 637. The molecule has 0 radical (unpaired) electrons. The Morgan fingerprint density at radius 3 is 2.76 bits per heavy atom. The zero-order valence-corrected chi connectivity index (χ0v) is 11.9. The van der Waals surface area contributed by atoms with Crippen LogP contribution in [0.25, 0.3) is 0 Å². The molecule has 6 heteroatoms. The first-order valence-electron chi connectivity index (χ1n) is 6.55. The lowest BCUT2D eigenvalue weighted by molar-refractivity contribution is -0.131. The second kappa shape index (κ2) is 7.22. The van der Waals surface area contributed by atoms with Crippen molar-refractivity contribution in [3.8, 4) is 11.8 Å². The fourth-order valence-electron chi connectivity index (χ4n) is 1.78. The summed E-state index contributed by atoms with van der Waals surface area (Å²) in [5, 5.41) is 7.45. The molecule has 2 aromatic rings. The first kappa shape index (κ1) is 14.8. The predicted molar refractivity (Wildman–Crippen MR) is 78.9 cm³/mol. The zero-order valence-electron chi connectivity index (χ0n) is 11.9. The number of benzene rings is 1. The Kier molecular flexibility index (Phi) is 5.07. The normalized spacial score (nSPS) is 9.81. The van der Waals surface area contributed by atoms with Crippen LogP contribution in [0.3, 0.4) is 0 Å². The van der Waals surface area contributed by atoms with Gasteiger partial charge in [-0.25, -0.2) is 4.68 Å².